The van der Waals surface area contributed by atoms with Gasteiger partial charge in [-0.15, -0.1) is 0 Å². The van der Waals surface area contributed by atoms with Crippen molar-refractivity contribution >= 4 is 31.9 Å². The van der Waals surface area contributed by atoms with Crippen LogP contribution in [0.5, 0.6) is 5.75 Å². The second-order valence-corrected chi connectivity index (χ2v) is 5.98. The van der Waals surface area contributed by atoms with Crippen LogP contribution in [0.2, 0.25) is 0 Å². The van der Waals surface area contributed by atoms with E-state index in [0.29, 0.717) is 21.4 Å². The highest BCUT2D eigenvalue weighted by molar-refractivity contribution is 9.10. The average molecular weight is 414 g/mol. The normalized spacial score (nSPS) is 10.8. The van der Waals surface area contributed by atoms with Gasteiger partial charge in [0.05, 0.1) is 5.56 Å². The van der Waals surface area contributed by atoms with Gasteiger partial charge < -0.3 is 9.63 Å². The Balaban J connectivity index is 2.03. The van der Waals surface area contributed by atoms with Crippen molar-refractivity contribution in [3.8, 4) is 28.6 Å². The van der Waals surface area contributed by atoms with Gasteiger partial charge in [-0.2, -0.15) is 4.98 Å². The van der Waals surface area contributed by atoms with Crippen LogP contribution in [0.25, 0.3) is 22.8 Å². The second-order valence-electron chi connectivity index (χ2n) is 4.21. The van der Waals surface area contributed by atoms with E-state index >= 15 is 0 Å². The van der Waals surface area contributed by atoms with Crippen LogP contribution in [0.15, 0.2) is 49.9 Å². The summed E-state index contributed by atoms with van der Waals surface area (Å²) >= 11 is 6.51. The Kier molecular flexibility index (Phi) is 3.77. The molecule has 0 spiro atoms. The van der Waals surface area contributed by atoms with Crippen molar-refractivity contribution < 1.29 is 14.0 Å². The standard InChI is InChI=1S/C14H7Br2FN2O2/c15-7-1-3-10(12(20)5-7)14-18-13(19-21-14)9-4-2-8(17)6-11(9)16/h1-6,20H. The summed E-state index contributed by atoms with van der Waals surface area (Å²) in [4.78, 5) is 4.23. The Labute approximate surface area is 135 Å². The summed E-state index contributed by atoms with van der Waals surface area (Å²) in [6.45, 7) is 0. The molecule has 21 heavy (non-hydrogen) atoms. The van der Waals surface area contributed by atoms with Crippen molar-refractivity contribution in [1.29, 1.82) is 0 Å². The predicted octanol–water partition coefficient (Wildman–Crippen LogP) is 4.77. The Morgan fingerprint density at radius 2 is 1.81 bits per heavy atom. The maximum atomic E-state index is 13.1. The molecule has 0 saturated heterocycles. The van der Waals surface area contributed by atoms with E-state index in [2.05, 4.69) is 42.0 Å². The summed E-state index contributed by atoms with van der Waals surface area (Å²) in [5, 5.41) is 13.8. The summed E-state index contributed by atoms with van der Waals surface area (Å²) in [6, 6.07) is 9.14. The third-order valence-electron chi connectivity index (χ3n) is 2.79. The van der Waals surface area contributed by atoms with Crippen LogP contribution in [-0.2, 0) is 0 Å². The number of rotatable bonds is 2. The molecule has 0 bridgehead atoms. The van der Waals surface area contributed by atoms with Crippen molar-refractivity contribution in [3.05, 3.63) is 51.2 Å². The molecule has 3 aromatic rings. The number of phenols is 1. The first-order valence-corrected chi connectivity index (χ1v) is 7.41. The Morgan fingerprint density at radius 3 is 2.52 bits per heavy atom. The minimum absolute atomic E-state index is 0.0257. The van der Waals surface area contributed by atoms with Crippen LogP contribution >= 0.6 is 31.9 Å². The van der Waals surface area contributed by atoms with Gasteiger partial charge in [0.1, 0.15) is 11.6 Å². The van der Waals surface area contributed by atoms with Crippen molar-refractivity contribution in [1.82, 2.24) is 10.1 Å². The first-order valence-electron chi connectivity index (χ1n) is 5.82. The van der Waals surface area contributed by atoms with Gasteiger partial charge >= 0.3 is 0 Å². The second kappa shape index (κ2) is 5.57. The fourth-order valence-corrected chi connectivity index (χ4v) is 2.68. The van der Waals surface area contributed by atoms with Gasteiger partial charge in [-0.3, -0.25) is 0 Å². The molecule has 0 radical (unpaired) electrons. The van der Waals surface area contributed by atoms with E-state index in [0.717, 1.165) is 4.47 Å². The highest BCUT2D eigenvalue weighted by Crippen LogP contribution is 2.33. The fraction of sp³-hybridized carbons (Fsp3) is 0. The molecule has 0 aliphatic heterocycles. The lowest BCUT2D eigenvalue weighted by molar-refractivity contribution is 0.425. The maximum Gasteiger partial charge on any atom is 0.261 e. The molecule has 7 heteroatoms. The van der Waals surface area contributed by atoms with Gasteiger partial charge in [-0.05, 0) is 52.3 Å². The van der Waals surface area contributed by atoms with Crippen LogP contribution in [0.3, 0.4) is 0 Å². The van der Waals surface area contributed by atoms with Crippen LogP contribution < -0.4 is 0 Å². The molecule has 0 aliphatic carbocycles. The molecule has 1 aromatic heterocycles. The zero-order valence-corrected chi connectivity index (χ0v) is 13.5. The van der Waals surface area contributed by atoms with E-state index in [1.165, 1.54) is 18.2 Å². The summed E-state index contributed by atoms with van der Waals surface area (Å²) in [5.74, 6) is 0.156. The van der Waals surface area contributed by atoms with Crippen LogP contribution in [0.1, 0.15) is 0 Å². The van der Waals surface area contributed by atoms with E-state index in [1.54, 1.807) is 18.2 Å². The fourth-order valence-electron chi connectivity index (χ4n) is 1.80. The molecule has 106 valence electrons. The third kappa shape index (κ3) is 2.84. The number of benzene rings is 2. The molecule has 2 aromatic carbocycles. The quantitative estimate of drug-likeness (QED) is 0.657. The maximum absolute atomic E-state index is 13.1. The molecule has 0 amide bonds. The van der Waals surface area contributed by atoms with Gasteiger partial charge in [0.25, 0.3) is 5.89 Å². The third-order valence-corrected chi connectivity index (χ3v) is 3.94. The van der Waals surface area contributed by atoms with Gasteiger partial charge in [0.15, 0.2) is 0 Å². The lowest BCUT2D eigenvalue weighted by atomic mass is 10.2. The number of phenolic OH excluding ortho intramolecular Hbond substituents is 1. The van der Waals surface area contributed by atoms with E-state index in [4.69, 9.17) is 4.52 Å². The van der Waals surface area contributed by atoms with Gasteiger partial charge in [0.2, 0.25) is 5.82 Å². The van der Waals surface area contributed by atoms with E-state index < -0.39 is 0 Å². The molecule has 1 N–H and O–H groups in total. The molecule has 0 saturated carbocycles. The summed E-state index contributed by atoms with van der Waals surface area (Å²) in [7, 11) is 0. The van der Waals surface area contributed by atoms with E-state index in [1.807, 2.05) is 0 Å². The smallest absolute Gasteiger partial charge is 0.261 e. The first-order chi connectivity index (χ1) is 10.0. The van der Waals surface area contributed by atoms with Gasteiger partial charge in [-0.25, -0.2) is 4.39 Å². The molecule has 0 atom stereocenters. The lowest BCUT2D eigenvalue weighted by Gasteiger charge is -1.99. The number of hydrogen-bond acceptors (Lipinski definition) is 4. The zero-order valence-electron chi connectivity index (χ0n) is 10.3. The highest BCUT2D eigenvalue weighted by atomic mass is 79.9. The molecule has 1 heterocycles. The number of aromatic nitrogens is 2. The Bertz CT molecular complexity index is 754. The van der Waals surface area contributed by atoms with Gasteiger partial charge in [0, 0.05) is 14.5 Å². The largest absolute Gasteiger partial charge is 0.507 e. The topological polar surface area (TPSA) is 59.2 Å². The molecular weight excluding hydrogens is 407 g/mol. The number of halogens is 3. The van der Waals surface area contributed by atoms with Crippen molar-refractivity contribution in [2.45, 2.75) is 0 Å². The predicted molar refractivity (Wildman–Crippen MR) is 82.2 cm³/mol. The molecule has 0 aliphatic rings. The van der Waals surface area contributed by atoms with Crippen LogP contribution in [-0.4, -0.2) is 15.2 Å². The van der Waals surface area contributed by atoms with Crippen LogP contribution in [0, 0.1) is 5.82 Å². The van der Waals surface area contributed by atoms with E-state index in [-0.39, 0.29) is 17.5 Å². The Hall–Kier alpha value is -1.73. The van der Waals surface area contributed by atoms with Crippen LogP contribution in [0.4, 0.5) is 4.39 Å². The summed E-state index contributed by atoms with van der Waals surface area (Å²) < 4.78 is 19.5. The molecule has 0 unspecified atom stereocenters. The van der Waals surface area contributed by atoms with Crippen molar-refractivity contribution in [3.63, 3.8) is 0 Å². The number of hydrogen-bond donors (Lipinski definition) is 1. The monoisotopic (exact) mass is 412 g/mol. The minimum Gasteiger partial charge on any atom is -0.507 e. The van der Waals surface area contributed by atoms with Crippen molar-refractivity contribution in [2.75, 3.05) is 0 Å². The zero-order chi connectivity index (χ0) is 15.0. The molecule has 0 fully saturated rings. The Morgan fingerprint density at radius 1 is 1.05 bits per heavy atom. The lowest BCUT2D eigenvalue weighted by Crippen LogP contribution is -1.85. The SMILES string of the molecule is Oc1cc(Br)ccc1-c1nc(-c2ccc(F)cc2Br)no1. The minimum atomic E-state index is -0.361. The average Bonchev–Trinajstić information content (AvgIpc) is 2.87. The van der Waals surface area contributed by atoms with E-state index in [9.17, 15) is 9.50 Å². The molecule has 3 rings (SSSR count). The number of aromatic hydroxyl groups is 1. The molecule has 4 nitrogen and oxygen atoms in total. The van der Waals surface area contributed by atoms with Gasteiger partial charge in [-0.1, -0.05) is 21.1 Å². The number of nitrogens with zero attached hydrogens (tertiary/aromatic N) is 2. The summed E-state index contributed by atoms with van der Waals surface area (Å²) in [6.07, 6.45) is 0. The first kappa shape index (κ1) is 14.2. The summed E-state index contributed by atoms with van der Waals surface area (Å²) in [5.41, 5.74) is 1.03. The molecular formula is C14H7Br2FN2O2. The van der Waals surface area contributed by atoms with Crippen molar-refractivity contribution in [2.24, 2.45) is 0 Å². The highest BCUT2D eigenvalue weighted by Gasteiger charge is 2.16.